The fourth-order valence-corrected chi connectivity index (χ4v) is 2.66. The molecule has 2 rings (SSSR count). The van der Waals surface area contributed by atoms with E-state index in [1.165, 1.54) is 4.90 Å². The van der Waals surface area contributed by atoms with E-state index in [9.17, 15) is 14.7 Å². The summed E-state index contributed by atoms with van der Waals surface area (Å²) in [5, 5.41) is 21.4. The van der Waals surface area contributed by atoms with E-state index < -0.39 is 24.1 Å². The van der Waals surface area contributed by atoms with Gasteiger partial charge in [0.15, 0.2) is 0 Å². The van der Waals surface area contributed by atoms with E-state index in [0.29, 0.717) is 6.61 Å². The van der Waals surface area contributed by atoms with Crippen LogP contribution < -0.4 is 5.32 Å². The first-order chi connectivity index (χ1) is 8.97. The average Bonchev–Trinajstić information content (AvgIpc) is 2.71. The minimum Gasteiger partial charge on any atom is -0.480 e. The number of nitrogens with one attached hydrogen (secondary N) is 1. The van der Waals surface area contributed by atoms with Gasteiger partial charge in [0.1, 0.15) is 6.04 Å². The maximum Gasteiger partial charge on any atom is 0.326 e. The highest BCUT2D eigenvalue weighted by atomic mass is 16.5. The third kappa shape index (κ3) is 3.36. The van der Waals surface area contributed by atoms with Crippen LogP contribution in [0.4, 0.5) is 4.79 Å². The lowest BCUT2D eigenvalue weighted by atomic mass is 10.0. The maximum absolute atomic E-state index is 12.1. The molecule has 19 heavy (non-hydrogen) atoms. The van der Waals surface area contributed by atoms with Crippen molar-refractivity contribution in [2.24, 2.45) is 0 Å². The van der Waals surface area contributed by atoms with Gasteiger partial charge in [-0.3, -0.25) is 0 Å². The predicted molar refractivity (Wildman–Crippen MR) is 65.7 cm³/mol. The summed E-state index contributed by atoms with van der Waals surface area (Å²) in [6.45, 7) is 2.61. The molecule has 2 amide bonds. The summed E-state index contributed by atoms with van der Waals surface area (Å²) in [5.74, 6) is -1.08. The highest BCUT2D eigenvalue weighted by molar-refractivity contribution is 5.83. The van der Waals surface area contributed by atoms with Gasteiger partial charge in [0.2, 0.25) is 0 Å². The van der Waals surface area contributed by atoms with Crippen LogP contribution in [0.3, 0.4) is 0 Å². The van der Waals surface area contributed by atoms with Crippen molar-refractivity contribution in [3.63, 3.8) is 0 Å². The molecule has 0 aromatic heterocycles. The zero-order chi connectivity index (χ0) is 14.0. The molecule has 4 unspecified atom stereocenters. The summed E-state index contributed by atoms with van der Waals surface area (Å²) in [4.78, 5) is 24.3. The van der Waals surface area contributed by atoms with Crippen molar-refractivity contribution >= 4 is 12.0 Å². The molecule has 2 fully saturated rings. The Balaban J connectivity index is 1.93. The number of nitrogens with zero attached hydrogens (tertiary/aromatic N) is 1. The smallest absolute Gasteiger partial charge is 0.326 e. The number of β-amino-alcohol motifs (C(OH)–C–C–N with tert-alkyl or cyclic N) is 1. The molecule has 0 radical (unpaired) electrons. The third-order valence-corrected chi connectivity index (χ3v) is 3.64. The number of carbonyl (C=O) groups is 2. The standard InChI is InChI=1S/C12H20N2O5/c1-7-4-8(2-3-19-7)13-12(18)14-6-9(15)5-10(14)11(16)17/h7-10,15H,2-6H2,1H3,(H,13,18)(H,16,17). The number of ether oxygens (including phenoxy) is 1. The van der Waals surface area contributed by atoms with Crippen LogP contribution >= 0.6 is 0 Å². The quantitative estimate of drug-likeness (QED) is 0.645. The van der Waals surface area contributed by atoms with Gasteiger partial charge in [-0.2, -0.15) is 0 Å². The van der Waals surface area contributed by atoms with Crippen LogP contribution in [0.25, 0.3) is 0 Å². The first-order valence-corrected chi connectivity index (χ1v) is 6.57. The molecule has 108 valence electrons. The molecule has 7 nitrogen and oxygen atoms in total. The second-order valence-corrected chi connectivity index (χ2v) is 5.25. The molecule has 0 saturated carbocycles. The fraction of sp³-hybridized carbons (Fsp3) is 0.833. The second-order valence-electron chi connectivity index (χ2n) is 5.25. The van der Waals surface area contributed by atoms with Gasteiger partial charge >= 0.3 is 12.0 Å². The molecule has 2 aliphatic rings. The number of likely N-dealkylation sites (tertiary alicyclic amines) is 1. The van der Waals surface area contributed by atoms with Crippen LogP contribution in [0.15, 0.2) is 0 Å². The van der Waals surface area contributed by atoms with Crippen LogP contribution in [0.2, 0.25) is 0 Å². The zero-order valence-corrected chi connectivity index (χ0v) is 10.9. The van der Waals surface area contributed by atoms with E-state index in [0.717, 1.165) is 12.8 Å². The molecule has 0 aliphatic carbocycles. The monoisotopic (exact) mass is 272 g/mol. The number of urea groups is 1. The van der Waals surface area contributed by atoms with Crippen LogP contribution in [0.5, 0.6) is 0 Å². The first-order valence-electron chi connectivity index (χ1n) is 6.57. The molecule has 2 aliphatic heterocycles. The second kappa shape index (κ2) is 5.75. The van der Waals surface area contributed by atoms with Gasteiger partial charge in [0.05, 0.1) is 12.2 Å². The lowest BCUT2D eigenvalue weighted by Crippen LogP contribution is -2.51. The largest absolute Gasteiger partial charge is 0.480 e. The van der Waals surface area contributed by atoms with Crippen LogP contribution in [-0.2, 0) is 9.53 Å². The van der Waals surface area contributed by atoms with Gasteiger partial charge in [-0.15, -0.1) is 0 Å². The molecule has 3 N–H and O–H groups in total. The van der Waals surface area contributed by atoms with E-state index in [4.69, 9.17) is 9.84 Å². The Morgan fingerprint density at radius 3 is 2.74 bits per heavy atom. The number of hydrogen-bond donors (Lipinski definition) is 3. The number of aliphatic hydroxyl groups excluding tert-OH is 1. The summed E-state index contributed by atoms with van der Waals surface area (Å²) in [6, 6.07) is -1.35. The van der Waals surface area contributed by atoms with Crippen molar-refractivity contribution in [1.82, 2.24) is 10.2 Å². The summed E-state index contributed by atoms with van der Waals surface area (Å²) < 4.78 is 5.39. The molecule has 2 saturated heterocycles. The van der Waals surface area contributed by atoms with Gasteiger partial charge in [0.25, 0.3) is 0 Å². The van der Waals surface area contributed by atoms with Crippen molar-refractivity contribution in [3.05, 3.63) is 0 Å². The van der Waals surface area contributed by atoms with Crippen LogP contribution in [-0.4, -0.2) is 64.6 Å². The lowest BCUT2D eigenvalue weighted by molar-refractivity contribution is -0.141. The van der Waals surface area contributed by atoms with Gasteiger partial charge < -0.3 is 25.2 Å². The van der Waals surface area contributed by atoms with Gasteiger partial charge in [-0.05, 0) is 19.8 Å². The Labute approximate surface area is 111 Å². The van der Waals surface area contributed by atoms with Crippen molar-refractivity contribution in [3.8, 4) is 0 Å². The molecule has 2 heterocycles. The fourth-order valence-electron chi connectivity index (χ4n) is 2.66. The Morgan fingerprint density at radius 2 is 2.11 bits per heavy atom. The molecule has 0 aromatic carbocycles. The number of carboxylic acids is 1. The minimum absolute atomic E-state index is 0.00318. The Morgan fingerprint density at radius 1 is 1.37 bits per heavy atom. The molecule has 0 spiro atoms. The zero-order valence-electron chi connectivity index (χ0n) is 10.9. The summed E-state index contributed by atoms with van der Waals surface area (Å²) in [7, 11) is 0. The van der Waals surface area contributed by atoms with E-state index >= 15 is 0 Å². The van der Waals surface area contributed by atoms with Gasteiger partial charge in [0, 0.05) is 25.6 Å². The Kier molecular flexibility index (Phi) is 4.26. The predicted octanol–water partition coefficient (Wildman–Crippen LogP) is -0.217. The van der Waals surface area contributed by atoms with Crippen molar-refractivity contribution in [2.75, 3.05) is 13.2 Å². The highest BCUT2D eigenvalue weighted by Crippen LogP contribution is 2.19. The number of amides is 2. The normalized spacial score (nSPS) is 35.2. The average molecular weight is 272 g/mol. The van der Waals surface area contributed by atoms with E-state index in [2.05, 4.69) is 5.32 Å². The summed E-state index contributed by atoms with van der Waals surface area (Å²) in [6.07, 6.45) is 0.871. The van der Waals surface area contributed by atoms with Crippen molar-refractivity contribution < 1.29 is 24.5 Å². The summed E-state index contributed by atoms with van der Waals surface area (Å²) in [5.41, 5.74) is 0. The number of carbonyl (C=O) groups excluding carboxylic acids is 1. The van der Waals surface area contributed by atoms with Crippen LogP contribution in [0, 0.1) is 0 Å². The van der Waals surface area contributed by atoms with Crippen molar-refractivity contribution in [2.45, 2.75) is 50.5 Å². The summed E-state index contributed by atoms with van der Waals surface area (Å²) >= 11 is 0. The molecule has 0 aromatic rings. The highest BCUT2D eigenvalue weighted by Gasteiger charge is 2.39. The topological polar surface area (TPSA) is 99.1 Å². The molecular formula is C12H20N2O5. The molecule has 0 bridgehead atoms. The molecule has 7 heteroatoms. The number of rotatable bonds is 2. The van der Waals surface area contributed by atoms with Gasteiger partial charge in [-0.25, -0.2) is 9.59 Å². The molecule has 4 atom stereocenters. The number of aliphatic carboxylic acids is 1. The lowest BCUT2D eigenvalue weighted by Gasteiger charge is -2.30. The number of aliphatic hydroxyl groups is 1. The van der Waals surface area contributed by atoms with Crippen LogP contribution in [0.1, 0.15) is 26.2 Å². The van der Waals surface area contributed by atoms with Crippen molar-refractivity contribution in [1.29, 1.82) is 0 Å². The SMILES string of the molecule is CC1CC(NC(=O)N2CC(O)CC2C(=O)O)CCO1. The van der Waals surface area contributed by atoms with E-state index in [1.54, 1.807) is 0 Å². The Hall–Kier alpha value is -1.34. The van der Waals surface area contributed by atoms with Gasteiger partial charge in [-0.1, -0.05) is 0 Å². The van der Waals surface area contributed by atoms with E-state index in [-0.39, 0.29) is 25.1 Å². The minimum atomic E-state index is -1.08. The molecular weight excluding hydrogens is 252 g/mol. The number of hydrogen-bond acceptors (Lipinski definition) is 4. The first kappa shape index (κ1) is 14.1. The third-order valence-electron chi connectivity index (χ3n) is 3.64. The Bertz CT molecular complexity index is 362. The number of carboxylic acid groups (broad SMARTS) is 1. The maximum atomic E-state index is 12.1. The van der Waals surface area contributed by atoms with E-state index in [1.807, 2.05) is 6.92 Å².